The highest BCUT2D eigenvalue weighted by molar-refractivity contribution is 4.85. The third kappa shape index (κ3) is 3.42. The van der Waals surface area contributed by atoms with E-state index >= 15 is 0 Å². The molecule has 2 N–H and O–H groups in total. The van der Waals surface area contributed by atoms with E-state index < -0.39 is 0 Å². The van der Waals surface area contributed by atoms with Crippen LogP contribution in [0.3, 0.4) is 0 Å². The molecule has 2 fully saturated rings. The fourth-order valence-corrected chi connectivity index (χ4v) is 2.80. The number of hydrogen-bond acceptors (Lipinski definition) is 4. The van der Waals surface area contributed by atoms with Crippen molar-refractivity contribution >= 4 is 0 Å². The molecule has 0 amide bonds. The zero-order valence-corrected chi connectivity index (χ0v) is 10.2. The first-order valence-corrected chi connectivity index (χ1v) is 6.53. The summed E-state index contributed by atoms with van der Waals surface area (Å²) < 4.78 is 5.69. The number of hydrogen-bond donors (Lipinski definition) is 2. The summed E-state index contributed by atoms with van der Waals surface area (Å²) in [5.41, 5.74) is 0. The van der Waals surface area contributed by atoms with Crippen LogP contribution >= 0.6 is 0 Å². The van der Waals surface area contributed by atoms with Gasteiger partial charge in [-0.25, -0.2) is 0 Å². The normalized spacial score (nSPS) is 36.8. The Hall–Kier alpha value is -0.160. The minimum Gasteiger partial charge on any atom is -0.392 e. The van der Waals surface area contributed by atoms with Crippen molar-refractivity contribution in [3.8, 4) is 0 Å². The van der Waals surface area contributed by atoms with E-state index in [-0.39, 0.29) is 6.10 Å². The number of aliphatic hydroxyl groups excluding tert-OH is 1. The predicted molar refractivity (Wildman–Crippen MR) is 63.5 cm³/mol. The lowest BCUT2D eigenvalue weighted by molar-refractivity contribution is 0.00383. The van der Waals surface area contributed by atoms with Crippen LogP contribution in [0.4, 0.5) is 0 Å². The second-order valence-electron chi connectivity index (χ2n) is 4.97. The number of ether oxygens (including phenoxy) is 1. The van der Waals surface area contributed by atoms with E-state index in [1.54, 1.807) is 0 Å². The van der Waals surface area contributed by atoms with Gasteiger partial charge in [-0.3, -0.25) is 4.90 Å². The number of nitrogens with zero attached hydrogens (tertiary/aromatic N) is 1. The molecule has 16 heavy (non-hydrogen) atoms. The second-order valence-corrected chi connectivity index (χ2v) is 4.97. The molecule has 0 aromatic rings. The molecule has 0 aromatic heterocycles. The van der Waals surface area contributed by atoms with Crippen LogP contribution in [-0.2, 0) is 4.74 Å². The Morgan fingerprint density at radius 2 is 2.38 bits per heavy atom. The number of nitrogens with one attached hydrogen (secondary N) is 1. The average molecular weight is 228 g/mol. The number of piperidine rings is 1. The van der Waals surface area contributed by atoms with E-state index in [4.69, 9.17) is 4.74 Å². The highest BCUT2D eigenvalue weighted by atomic mass is 16.5. The lowest BCUT2D eigenvalue weighted by Crippen LogP contribution is -2.45. The van der Waals surface area contributed by atoms with Gasteiger partial charge in [0.25, 0.3) is 0 Å². The third-order valence-electron chi connectivity index (χ3n) is 3.54. The molecule has 2 heterocycles. The topological polar surface area (TPSA) is 44.7 Å². The Morgan fingerprint density at radius 1 is 1.50 bits per heavy atom. The molecule has 0 saturated carbocycles. The zero-order valence-electron chi connectivity index (χ0n) is 10.2. The molecule has 4 heteroatoms. The molecule has 0 bridgehead atoms. The molecule has 0 aliphatic carbocycles. The second kappa shape index (κ2) is 5.96. The number of rotatable bonds is 4. The molecule has 3 atom stereocenters. The maximum absolute atomic E-state index is 9.46. The molecule has 0 spiro atoms. The minimum atomic E-state index is -0.141. The number of aliphatic hydroxyl groups is 1. The molecular weight excluding hydrogens is 204 g/mol. The summed E-state index contributed by atoms with van der Waals surface area (Å²) in [5, 5.41) is 12.8. The molecule has 2 aliphatic heterocycles. The van der Waals surface area contributed by atoms with Crippen molar-refractivity contribution in [3.63, 3.8) is 0 Å². The van der Waals surface area contributed by atoms with Gasteiger partial charge in [-0.15, -0.1) is 0 Å². The third-order valence-corrected chi connectivity index (χ3v) is 3.54. The predicted octanol–water partition coefficient (Wildman–Crippen LogP) is 0.210. The molecule has 4 nitrogen and oxygen atoms in total. The first-order chi connectivity index (χ1) is 7.78. The molecule has 2 rings (SSSR count). The Bertz CT molecular complexity index is 211. The van der Waals surface area contributed by atoms with Gasteiger partial charge in [0.1, 0.15) is 0 Å². The van der Waals surface area contributed by atoms with Gasteiger partial charge in [0.15, 0.2) is 0 Å². The monoisotopic (exact) mass is 228 g/mol. The van der Waals surface area contributed by atoms with Crippen molar-refractivity contribution in [2.75, 3.05) is 32.8 Å². The number of likely N-dealkylation sites (tertiary alicyclic amines) is 1. The first-order valence-electron chi connectivity index (χ1n) is 6.53. The Morgan fingerprint density at radius 3 is 3.06 bits per heavy atom. The van der Waals surface area contributed by atoms with Gasteiger partial charge in [0.05, 0.1) is 12.2 Å². The molecule has 2 saturated heterocycles. The van der Waals surface area contributed by atoms with E-state index in [1.165, 1.54) is 19.4 Å². The zero-order chi connectivity index (χ0) is 11.4. The van der Waals surface area contributed by atoms with Crippen molar-refractivity contribution < 1.29 is 9.84 Å². The van der Waals surface area contributed by atoms with Crippen LogP contribution < -0.4 is 5.32 Å². The summed E-state index contributed by atoms with van der Waals surface area (Å²) >= 11 is 0. The fourth-order valence-electron chi connectivity index (χ4n) is 2.80. The van der Waals surface area contributed by atoms with E-state index in [2.05, 4.69) is 17.1 Å². The van der Waals surface area contributed by atoms with Crippen molar-refractivity contribution in [2.45, 2.75) is 44.4 Å². The van der Waals surface area contributed by atoms with E-state index in [9.17, 15) is 5.11 Å². The first kappa shape index (κ1) is 12.3. The van der Waals surface area contributed by atoms with Gasteiger partial charge in [-0.05, 0) is 32.7 Å². The van der Waals surface area contributed by atoms with Crippen molar-refractivity contribution in [1.82, 2.24) is 10.2 Å². The Kier molecular flexibility index (Phi) is 4.58. The lowest BCUT2D eigenvalue weighted by Gasteiger charge is -2.34. The summed E-state index contributed by atoms with van der Waals surface area (Å²) in [6.45, 7) is 6.93. The largest absolute Gasteiger partial charge is 0.392 e. The van der Waals surface area contributed by atoms with Crippen molar-refractivity contribution in [3.05, 3.63) is 0 Å². The van der Waals surface area contributed by atoms with Crippen molar-refractivity contribution in [1.29, 1.82) is 0 Å². The SMILES string of the molecule is CCOC1CCCN(CC2CC(O)CN2)C1. The van der Waals surface area contributed by atoms with Gasteiger partial charge in [-0.1, -0.05) is 0 Å². The summed E-state index contributed by atoms with van der Waals surface area (Å²) in [4.78, 5) is 2.47. The van der Waals surface area contributed by atoms with Crippen LogP contribution in [0.1, 0.15) is 26.2 Å². The lowest BCUT2D eigenvalue weighted by atomic mass is 10.1. The fraction of sp³-hybridized carbons (Fsp3) is 1.00. The van der Waals surface area contributed by atoms with Crippen LogP contribution in [0.5, 0.6) is 0 Å². The highest BCUT2D eigenvalue weighted by Gasteiger charge is 2.26. The molecule has 0 aromatic carbocycles. The molecule has 2 aliphatic rings. The summed E-state index contributed by atoms with van der Waals surface area (Å²) in [5.74, 6) is 0. The van der Waals surface area contributed by atoms with Crippen LogP contribution in [0.15, 0.2) is 0 Å². The Labute approximate surface area is 98.0 Å². The van der Waals surface area contributed by atoms with Gasteiger partial charge in [0.2, 0.25) is 0 Å². The van der Waals surface area contributed by atoms with Gasteiger partial charge >= 0.3 is 0 Å². The number of β-amino-alcohol motifs (C(OH)–C–C–N with tert-alkyl or cyclic N) is 1. The Balaban J connectivity index is 1.72. The van der Waals surface area contributed by atoms with E-state index in [1.807, 2.05) is 0 Å². The van der Waals surface area contributed by atoms with E-state index in [0.717, 1.165) is 32.7 Å². The quantitative estimate of drug-likeness (QED) is 0.722. The van der Waals surface area contributed by atoms with Crippen LogP contribution in [0.2, 0.25) is 0 Å². The smallest absolute Gasteiger partial charge is 0.0702 e. The summed E-state index contributed by atoms with van der Waals surface area (Å²) in [7, 11) is 0. The van der Waals surface area contributed by atoms with E-state index in [0.29, 0.717) is 12.1 Å². The van der Waals surface area contributed by atoms with Crippen LogP contribution in [-0.4, -0.2) is 61.0 Å². The van der Waals surface area contributed by atoms with Gasteiger partial charge < -0.3 is 15.2 Å². The highest BCUT2D eigenvalue weighted by Crippen LogP contribution is 2.15. The molecule has 3 unspecified atom stereocenters. The molecule has 94 valence electrons. The molecule has 0 radical (unpaired) electrons. The average Bonchev–Trinajstić information content (AvgIpc) is 2.65. The molecular formula is C12H24N2O2. The van der Waals surface area contributed by atoms with Crippen molar-refractivity contribution in [2.24, 2.45) is 0 Å². The van der Waals surface area contributed by atoms with Gasteiger partial charge in [-0.2, -0.15) is 0 Å². The van der Waals surface area contributed by atoms with Crippen LogP contribution in [0, 0.1) is 0 Å². The minimum absolute atomic E-state index is 0.141. The standard InChI is InChI=1S/C12H24N2O2/c1-2-16-12-4-3-5-14(9-12)8-10-6-11(15)7-13-10/h10-13,15H,2-9H2,1H3. The summed E-state index contributed by atoms with van der Waals surface area (Å²) in [6.07, 6.45) is 3.61. The maximum Gasteiger partial charge on any atom is 0.0702 e. The maximum atomic E-state index is 9.46. The summed E-state index contributed by atoms with van der Waals surface area (Å²) in [6, 6.07) is 0.468. The van der Waals surface area contributed by atoms with Crippen LogP contribution in [0.25, 0.3) is 0 Å². The van der Waals surface area contributed by atoms with Gasteiger partial charge in [0, 0.05) is 32.3 Å².